The number of nitrogens with zero attached hydrogens (tertiary/aromatic N) is 1. The lowest BCUT2D eigenvalue weighted by molar-refractivity contribution is 0.0910. The maximum Gasteiger partial charge on any atom is 0.272 e. The minimum Gasteiger partial charge on any atom is -0.394 e. The Morgan fingerprint density at radius 1 is 1.65 bits per heavy atom. The molecule has 2 aromatic heterocycles. The molecule has 1 amide bonds. The fourth-order valence-electron chi connectivity index (χ4n) is 1.72. The van der Waals surface area contributed by atoms with Crippen LogP contribution in [0.3, 0.4) is 0 Å². The van der Waals surface area contributed by atoms with Crippen LogP contribution in [-0.4, -0.2) is 45.9 Å². The third-order valence-electron chi connectivity index (χ3n) is 2.82. The molecule has 0 aliphatic heterocycles. The second-order valence-electron chi connectivity index (χ2n) is 4.28. The van der Waals surface area contributed by atoms with Gasteiger partial charge in [0.15, 0.2) is 5.69 Å². The van der Waals surface area contributed by atoms with Crippen molar-refractivity contribution in [3.63, 3.8) is 0 Å². The summed E-state index contributed by atoms with van der Waals surface area (Å²) in [5, 5.41) is 20.9. The zero-order valence-electron chi connectivity index (χ0n) is 11.1. The van der Waals surface area contributed by atoms with E-state index in [1.165, 1.54) is 0 Å². The van der Waals surface area contributed by atoms with Gasteiger partial charge in [-0.05, 0) is 35.9 Å². The number of hydrogen-bond donors (Lipinski definition) is 3. The molecule has 1 unspecified atom stereocenters. The maximum atomic E-state index is 12.1. The molecule has 108 valence electrons. The second-order valence-corrected chi connectivity index (χ2v) is 6.21. The molecule has 5 nitrogen and oxygen atoms in total. The third kappa shape index (κ3) is 3.84. The van der Waals surface area contributed by atoms with Crippen molar-refractivity contribution in [2.75, 3.05) is 18.6 Å². The molecular weight excluding hydrogens is 294 g/mol. The third-order valence-corrected chi connectivity index (χ3v) is 4.37. The lowest BCUT2D eigenvalue weighted by Gasteiger charge is -2.14. The maximum absolute atomic E-state index is 12.1. The summed E-state index contributed by atoms with van der Waals surface area (Å²) in [6.07, 6.45) is 2.74. The number of aliphatic hydroxyl groups excluding tert-OH is 1. The minimum absolute atomic E-state index is 0.0610. The van der Waals surface area contributed by atoms with E-state index in [1.54, 1.807) is 29.2 Å². The Kier molecular flexibility index (Phi) is 5.63. The molecule has 0 aromatic carbocycles. The quantitative estimate of drug-likeness (QED) is 0.730. The van der Waals surface area contributed by atoms with Gasteiger partial charge in [0.1, 0.15) is 0 Å². The van der Waals surface area contributed by atoms with Crippen LogP contribution in [-0.2, 0) is 0 Å². The van der Waals surface area contributed by atoms with Crippen molar-refractivity contribution in [2.24, 2.45) is 0 Å². The van der Waals surface area contributed by atoms with E-state index in [-0.39, 0.29) is 18.6 Å². The van der Waals surface area contributed by atoms with Gasteiger partial charge in [0.2, 0.25) is 0 Å². The highest BCUT2D eigenvalue weighted by atomic mass is 32.2. The summed E-state index contributed by atoms with van der Waals surface area (Å²) in [5.41, 5.74) is 1.17. The molecule has 2 heterocycles. The SMILES string of the molecule is CSCCC(CO)NC(=O)c1cc(-c2cccs2)[nH]n1. The van der Waals surface area contributed by atoms with Crippen LogP contribution < -0.4 is 5.32 Å². The molecule has 0 aliphatic carbocycles. The van der Waals surface area contributed by atoms with Crippen molar-refractivity contribution in [3.05, 3.63) is 29.3 Å². The minimum atomic E-state index is -0.260. The molecule has 0 spiro atoms. The molecule has 0 saturated carbocycles. The average molecular weight is 311 g/mol. The van der Waals surface area contributed by atoms with E-state index < -0.39 is 0 Å². The second kappa shape index (κ2) is 7.47. The topological polar surface area (TPSA) is 78.0 Å². The number of amides is 1. The Hall–Kier alpha value is -1.31. The zero-order chi connectivity index (χ0) is 14.4. The van der Waals surface area contributed by atoms with E-state index in [1.807, 2.05) is 23.8 Å². The molecular formula is C13H17N3O2S2. The van der Waals surface area contributed by atoms with Crippen LogP contribution in [0.25, 0.3) is 10.6 Å². The number of carbonyl (C=O) groups is 1. The number of rotatable bonds is 7. The summed E-state index contributed by atoms with van der Waals surface area (Å²) < 4.78 is 0. The standard InChI is InChI=1S/C13H17N3O2S2/c1-19-6-4-9(8-17)14-13(18)11-7-10(15-16-11)12-3-2-5-20-12/h2-3,5,7,9,17H,4,6,8H2,1H3,(H,14,18)(H,15,16). The van der Waals surface area contributed by atoms with E-state index in [0.29, 0.717) is 5.69 Å². The number of nitrogens with one attached hydrogen (secondary N) is 2. The number of H-pyrrole nitrogens is 1. The van der Waals surface area contributed by atoms with E-state index in [0.717, 1.165) is 22.7 Å². The Morgan fingerprint density at radius 2 is 2.50 bits per heavy atom. The summed E-state index contributed by atoms with van der Waals surface area (Å²) >= 11 is 3.27. The van der Waals surface area contributed by atoms with Gasteiger partial charge >= 0.3 is 0 Å². The predicted molar refractivity (Wildman–Crippen MR) is 83.2 cm³/mol. The van der Waals surface area contributed by atoms with Crippen molar-refractivity contribution in [1.82, 2.24) is 15.5 Å². The average Bonchev–Trinajstić information content (AvgIpc) is 3.12. The highest BCUT2D eigenvalue weighted by Gasteiger charge is 2.16. The van der Waals surface area contributed by atoms with Crippen LogP contribution in [0, 0.1) is 0 Å². The van der Waals surface area contributed by atoms with Crippen molar-refractivity contribution in [1.29, 1.82) is 0 Å². The van der Waals surface area contributed by atoms with Crippen molar-refractivity contribution >= 4 is 29.0 Å². The number of thiophene rings is 1. The van der Waals surface area contributed by atoms with E-state index in [2.05, 4.69) is 15.5 Å². The lowest BCUT2D eigenvalue weighted by Crippen LogP contribution is -2.38. The fourth-order valence-corrected chi connectivity index (χ4v) is 2.94. The van der Waals surface area contributed by atoms with Gasteiger partial charge in [-0.2, -0.15) is 16.9 Å². The summed E-state index contributed by atoms with van der Waals surface area (Å²) in [6, 6.07) is 5.42. The molecule has 0 saturated heterocycles. The van der Waals surface area contributed by atoms with E-state index in [4.69, 9.17) is 0 Å². The van der Waals surface area contributed by atoms with Crippen LogP contribution in [0.1, 0.15) is 16.9 Å². The predicted octanol–water partition coefficient (Wildman–Crippen LogP) is 1.98. The van der Waals surface area contributed by atoms with Gasteiger partial charge in [0.05, 0.1) is 23.2 Å². The van der Waals surface area contributed by atoms with Crippen molar-refractivity contribution in [2.45, 2.75) is 12.5 Å². The molecule has 3 N–H and O–H groups in total. The van der Waals surface area contributed by atoms with Gasteiger partial charge in [-0.15, -0.1) is 11.3 Å². The zero-order valence-corrected chi connectivity index (χ0v) is 12.8. The van der Waals surface area contributed by atoms with E-state index >= 15 is 0 Å². The largest absolute Gasteiger partial charge is 0.394 e. The molecule has 20 heavy (non-hydrogen) atoms. The van der Waals surface area contributed by atoms with Gasteiger partial charge in [-0.25, -0.2) is 0 Å². The van der Waals surface area contributed by atoms with Crippen LogP contribution in [0.5, 0.6) is 0 Å². The Bertz CT molecular complexity index is 540. The van der Waals surface area contributed by atoms with Crippen LogP contribution in [0.15, 0.2) is 23.6 Å². The summed E-state index contributed by atoms with van der Waals surface area (Å²) in [7, 11) is 0. The van der Waals surface area contributed by atoms with Crippen LogP contribution in [0.4, 0.5) is 0 Å². The first-order valence-corrected chi connectivity index (χ1v) is 8.52. The van der Waals surface area contributed by atoms with E-state index in [9.17, 15) is 9.90 Å². The number of hydrogen-bond acceptors (Lipinski definition) is 5. The summed E-state index contributed by atoms with van der Waals surface area (Å²) in [4.78, 5) is 13.1. The van der Waals surface area contributed by atoms with Crippen molar-refractivity contribution < 1.29 is 9.90 Å². The van der Waals surface area contributed by atoms with Gasteiger partial charge in [-0.1, -0.05) is 6.07 Å². The monoisotopic (exact) mass is 311 g/mol. The number of carbonyl (C=O) groups excluding carboxylic acids is 1. The molecule has 0 aliphatic rings. The van der Waals surface area contributed by atoms with Crippen LogP contribution in [0.2, 0.25) is 0 Å². The summed E-state index contributed by atoms with van der Waals surface area (Å²) in [5.74, 6) is 0.635. The number of aromatic nitrogens is 2. The van der Waals surface area contributed by atoms with Gasteiger partial charge < -0.3 is 10.4 Å². The highest BCUT2D eigenvalue weighted by Crippen LogP contribution is 2.22. The molecule has 0 radical (unpaired) electrons. The smallest absolute Gasteiger partial charge is 0.272 e. The Labute approximate surface area is 125 Å². The first-order valence-electron chi connectivity index (χ1n) is 6.24. The highest BCUT2D eigenvalue weighted by molar-refractivity contribution is 7.98. The first-order chi connectivity index (χ1) is 9.74. The van der Waals surface area contributed by atoms with Gasteiger partial charge in [0, 0.05) is 0 Å². The molecule has 0 fully saturated rings. The molecule has 2 aromatic rings. The van der Waals surface area contributed by atoms with Gasteiger partial charge in [0.25, 0.3) is 5.91 Å². The molecule has 2 rings (SSSR count). The number of aliphatic hydroxyl groups is 1. The summed E-state index contributed by atoms with van der Waals surface area (Å²) in [6.45, 7) is -0.0610. The fraction of sp³-hybridized carbons (Fsp3) is 0.385. The van der Waals surface area contributed by atoms with Crippen LogP contribution >= 0.6 is 23.1 Å². The molecule has 0 bridgehead atoms. The van der Waals surface area contributed by atoms with Gasteiger partial charge in [-0.3, -0.25) is 9.89 Å². The molecule has 1 atom stereocenters. The molecule has 7 heteroatoms. The Morgan fingerprint density at radius 3 is 3.15 bits per heavy atom. The number of thioether (sulfide) groups is 1. The van der Waals surface area contributed by atoms with Crippen molar-refractivity contribution in [3.8, 4) is 10.6 Å². The first kappa shape index (κ1) is 15.1. The lowest BCUT2D eigenvalue weighted by atomic mass is 10.2. The Balaban J connectivity index is 1.99. The normalized spacial score (nSPS) is 12.3. The number of aromatic amines is 1.